The first-order valence-electron chi connectivity index (χ1n) is 35.8. The van der Waals surface area contributed by atoms with Gasteiger partial charge in [-0.3, -0.25) is 9.97 Å². The van der Waals surface area contributed by atoms with Crippen molar-refractivity contribution in [2.75, 3.05) is 33.2 Å². The minimum absolute atomic E-state index is 0.0602. The second-order valence-corrected chi connectivity index (χ2v) is 27.2. The summed E-state index contributed by atoms with van der Waals surface area (Å²) in [5, 5.41) is 31.2. The number of rotatable bonds is 18. The molecule has 38 heteroatoms. The summed E-state index contributed by atoms with van der Waals surface area (Å²) in [5.74, 6) is 1.70. The van der Waals surface area contributed by atoms with Gasteiger partial charge >= 0.3 is 0 Å². The third-order valence-corrected chi connectivity index (χ3v) is 19.8. The van der Waals surface area contributed by atoms with E-state index >= 15 is 0 Å². The molecule has 33 nitrogen and oxygen atoms in total. The molecule has 0 fully saturated rings. The number of nitrogen functional groups attached to an aromatic ring is 3. The number of imidazole rings is 5. The summed E-state index contributed by atoms with van der Waals surface area (Å²) in [6.45, 7) is 22.9. The third kappa shape index (κ3) is 15.5. The maximum atomic E-state index is 14.7. The Balaban J connectivity index is 0.000000121. The van der Waals surface area contributed by atoms with E-state index in [2.05, 4.69) is 132 Å². The van der Waals surface area contributed by atoms with Crippen molar-refractivity contribution < 1.29 is 4.39 Å². The molecule has 0 bridgehead atoms. The van der Waals surface area contributed by atoms with Crippen molar-refractivity contribution in [1.82, 2.24) is 123 Å². The molecule has 116 heavy (non-hydrogen) atoms. The van der Waals surface area contributed by atoms with Crippen molar-refractivity contribution in [2.45, 2.75) is 71.1 Å². The Morgan fingerprint density at radius 1 is 0.457 bits per heavy atom. The van der Waals surface area contributed by atoms with Crippen molar-refractivity contribution in [3.63, 3.8) is 0 Å². The SMILES string of the molecule is CC[C@@H](Nc1ncnc2nc[nH]c12)c1cc2ncc(Cl)n2nc1-c1ccccc1F.C[C@@H](c1cc2ncc(Cl)n2nc1-c1ccccc1)n1ccc2c(N)ncnc21.[C-]#[N+]c1c(N)ncnc1N[C@@H](CC)c1cc2ncc(Cl)n2nc1-c1ccccn1.[C-]#[N+]c1c(N)ncnc1N[C@H](CC)c1cc2ncc(Cl)n2nc1-c1ccccn1. The van der Waals surface area contributed by atoms with Gasteiger partial charge in [0.2, 0.25) is 0 Å². The van der Waals surface area contributed by atoms with Crippen molar-refractivity contribution in [3.05, 3.63) is 268 Å². The molecule has 2 aromatic carbocycles. The summed E-state index contributed by atoms with van der Waals surface area (Å²) in [6, 6.07) is 36.7. The van der Waals surface area contributed by atoms with Crippen LogP contribution in [0.1, 0.15) is 93.4 Å². The lowest BCUT2D eigenvalue weighted by Crippen LogP contribution is -2.15. The molecule has 576 valence electrons. The number of aromatic nitrogens is 25. The lowest BCUT2D eigenvalue weighted by molar-refractivity contribution is 0.629. The van der Waals surface area contributed by atoms with E-state index < -0.39 is 0 Å². The van der Waals surface area contributed by atoms with E-state index in [1.165, 1.54) is 42.1 Å². The van der Waals surface area contributed by atoms with Crippen LogP contribution in [0.5, 0.6) is 0 Å². The maximum Gasteiger partial charge on any atom is 0.268 e. The first-order chi connectivity index (χ1) is 56.5. The molecule has 18 rings (SSSR count). The van der Waals surface area contributed by atoms with Crippen molar-refractivity contribution in [2.24, 2.45) is 0 Å². The number of nitrogens with one attached hydrogen (secondary N) is 4. The standard InChI is InChI=1S/C20H16ClFN8.C20H16ClN7.2C19H16ClN9/c1-2-14(28-20-18-19(25-9-24-18)26-10-27-20)12-7-16-23-8-15(21)30(16)29-17(12)11-5-3-4-6-13(11)22;1-12(27-8-7-14-19(22)24-11-25-20(14)27)15-9-17-23-10-16(21)28(17)26-18(15)13-5-3-2-4-6-13;2*1-3-12(27-19-17(22-2)18(21)25-10-26-19)11-8-15-24-9-14(20)29(15)28-16(11)13-6-4-5-7-23-13/h3-10,14H,2H2,1H3,(H2,24,25,26,27,28);2-12H,1H3,(H2,22,24,25);2*4-10,12H,3H2,1H3,(H3,21,25,26,27)/t14-;3*12-/m1010/s1. The monoisotopic (exact) mass is 1620 g/mol. The van der Waals surface area contributed by atoms with Gasteiger partial charge in [0.15, 0.2) is 54.7 Å². The summed E-state index contributed by atoms with van der Waals surface area (Å²) in [7, 11) is 0. The highest BCUT2D eigenvalue weighted by molar-refractivity contribution is 6.30. The quantitative estimate of drug-likeness (QED) is 0.0392. The Hall–Kier alpha value is -14.6. The summed E-state index contributed by atoms with van der Waals surface area (Å²) < 4.78 is 23.0. The normalized spacial score (nSPS) is 12.2. The number of fused-ring (bicyclic) bond motifs is 6. The average molecular weight is 1620 g/mol. The molecule has 0 radical (unpaired) electrons. The molecular weight excluding hydrogens is 1560 g/mol. The van der Waals surface area contributed by atoms with Gasteiger partial charge < -0.3 is 42.7 Å². The Morgan fingerprint density at radius 2 is 0.888 bits per heavy atom. The van der Waals surface area contributed by atoms with Gasteiger partial charge in [0.05, 0.1) is 96.6 Å². The molecule has 0 aliphatic carbocycles. The van der Waals surface area contributed by atoms with Crippen molar-refractivity contribution in [3.8, 4) is 45.3 Å². The molecule has 0 unspecified atom stereocenters. The van der Waals surface area contributed by atoms with Crippen LogP contribution in [0.3, 0.4) is 0 Å². The van der Waals surface area contributed by atoms with Crippen LogP contribution < -0.4 is 33.2 Å². The van der Waals surface area contributed by atoms with Gasteiger partial charge in [-0.2, -0.15) is 20.4 Å². The number of H-pyrrole nitrogens is 1. The minimum Gasteiger partial charge on any atom is -0.392 e. The summed E-state index contributed by atoms with van der Waals surface area (Å²) in [6.07, 6.45) is 20.8. The van der Waals surface area contributed by atoms with Gasteiger partial charge in [-0.1, -0.05) is 122 Å². The van der Waals surface area contributed by atoms with Crippen LogP contribution in [-0.4, -0.2) is 123 Å². The number of anilines is 6. The highest BCUT2D eigenvalue weighted by Crippen LogP contribution is 2.40. The van der Waals surface area contributed by atoms with E-state index in [0.29, 0.717) is 131 Å². The highest BCUT2D eigenvalue weighted by atomic mass is 35.5. The number of pyridine rings is 2. The number of nitrogens with zero attached hydrogens (tertiary/aromatic N) is 26. The molecular formula is C78H64Cl4FN33. The Labute approximate surface area is 678 Å². The van der Waals surface area contributed by atoms with E-state index in [0.717, 1.165) is 44.5 Å². The predicted molar refractivity (Wildman–Crippen MR) is 442 cm³/mol. The number of nitrogens with two attached hydrogens (primary N) is 3. The molecule has 18 aromatic rings. The Morgan fingerprint density at radius 3 is 1.38 bits per heavy atom. The smallest absolute Gasteiger partial charge is 0.268 e. The fraction of sp³-hybridized carbons (Fsp3) is 0.141. The first-order valence-corrected chi connectivity index (χ1v) is 37.3. The van der Waals surface area contributed by atoms with Crippen LogP contribution in [0.25, 0.3) is 99.8 Å². The van der Waals surface area contributed by atoms with Gasteiger partial charge in [-0.15, -0.1) is 0 Å². The molecule has 16 heterocycles. The van der Waals surface area contributed by atoms with Gasteiger partial charge in [-0.25, -0.2) is 96.9 Å². The molecule has 0 saturated heterocycles. The van der Waals surface area contributed by atoms with Gasteiger partial charge in [0, 0.05) is 52.0 Å². The first kappa shape index (κ1) is 76.8. The van der Waals surface area contributed by atoms with E-state index in [9.17, 15) is 4.39 Å². The molecule has 16 aromatic heterocycles. The number of aromatic amines is 1. The zero-order chi connectivity index (χ0) is 80.7. The van der Waals surface area contributed by atoms with Crippen molar-refractivity contribution >= 4 is 137 Å². The number of halogens is 5. The van der Waals surface area contributed by atoms with Gasteiger partial charge in [0.25, 0.3) is 11.4 Å². The van der Waals surface area contributed by atoms with Crippen LogP contribution in [0.15, 0.2) is 196 Å². The average Bonchev–Trinajstić information content (AvgIpc) is 1.55. The van der Waals surface area contributed by atoms with E-state index in [1.54, 1.807) is 69.1 Å². The summed E-state index contributed by atoms with van der Waals surface area (Å²) in [4.78, 5) is 73.5. The fourth-order valence-electron chi connectivity index (χ4n) is 13.0. The van der Waals surface area contributed by atoms with E-state index in [4.69, 9.17) is 81.8 Å². The molecule has 0 saturated carbocycles. The third-order valence-electron chi connectivity index (χ3n) is 18.8. The molecule has 0 spiro atoms. The maximum absolute atomic E-state index is 14.7. The fourth-order valence-corrected chi connectivity index (χ4v) is 13.7. The number of benzene rings is 2. The van der Waals surface area contributed by atoms with E-state index in [1.807, 2.05) is 124 Å². The minimum atomic E-state index is -0.366. The zero-order valence-electron chi connectivity index (χ0n) is 61.7. The topological polar surface area (TPSA) is 406 Å². The van der Waals surface area contributed by atoms with Crippen LogP contribution in [0, 0.1) is 19.0 Å². The molecule has 0 amide bonds. The summed E-state index contributed by atoms with van der Waals surface area (Å²) >= 11 is 24.9. The van der Waals surface area contributed by atoms with Crippen LogP contribution in [0.4, 0.5) is 50.7 Å². The molecule has 0 aliphatic rings. The van der Waals surface area contributed by atoms with Crippen LogP contribution >= 0.6 is 46.4 Å². The lowest BCUT2D eigenvalue weighted by atomic mass is 9.98. The second kappa shape index (κ2) is 33.8. The number of hydrogen-bond donors (Lipinski definition) is 7. The molecule has 0 aliphatic heterocycles. The van der Waals surface area contributed by atoms with Crippen LogP contribution in [-0.2, 0) is 0 Å². The number of hydrogen-bond acceptors (Lipinski definition) is 25. The lowest BCUT2D eigenvalue weighted by Gasteiger charge is -2.21. The second-order valence-electron chi connectivity index (χ2n) is 25.6. The van der Waals surface area contributed by atoms with Gasteiger partial charge in [-0.05, 0) is 92.9 Å². The predicted octanol–water partition coefficient (Wildman–Crippen LogP) is 16.3. The Kier molecular flexibility index (Phi) is 22.4. The van der Waals surface area contributed by atoms with E-state index in [-0.39, 0.29) is 53.0 Å². The Bertz CT molecular complexity index is 6510. The van der Waals surface area contributed by atoms with Crippen molar-refractivity contribution in [1.29, 1.82) is 0 Å². The highest BCUT2D eigenvalue weighted by Gasteiger charge is 2.28. The summed E-state index contributed by atoms with van der Waals surface area (Å²) in [5.41, 5.74) is 31.5. The molecule has 4 atom stereocenters. The largest absolute Gasteiger partial charge is 0.392 e. The molecule has 10 N–H and O–H groups in total. The van der Waals surface area contributed by atoms with Crippen LogP contribution in [0.2, 0.25) is 20.6 Å². The zero-order valence-corrected chi connectivity index (χ0v) is 64.7. The van der Waals surface area contributed by atoms with Gasteiger partial charge in [0.1, 0.15) is 82.8 Å².